The molecular formula is C25H30N4O3. The molecule has 1 saturated heterocycles. The molecular weight excluding hydrogens is 404 g/mol. The second kappa shape index (κ2) is 9.44. The average Bonchev–Trinajstić information content (AvgIpc) is 3.06. The van der Waals surface area contributed by atoms with Crippen molar-refractivity contribution in [2.45, 2.75) is 13.8 Å². The van der Waals surface area contributed by atoms with Gasteiger partial charge in [-0.3, -0.25) is 9.69 Å². The minimum absolute atomic E-state index is 0.128. The van der Waals surface area contributed by atoms with Gasteiger partial charge in [0, 0.05) is 55.4 Å². The number of piperazine rings is 1. The predicted molar refractivity (Wildman–Crippen MR) is 127 cm³/mol. The summed E-state index contributed by atoms with van der Waals surface area (Å²) in [6, 6.07) is 15.3. The van der Waals surface area contributed by atoms with E-state index < -0.39 is 0 Å². The van der Waals surface area contributed by atoms with Crippen LogP contribution in [-0.4, -0.2) is 65.5 Å². The maximum Gasteiger partial charge on any atom is 0.322 e. The molecule has 1 aliphatic rings. The number of amides is 2. The summed E-state index contributed by atoms with van der Waals surface area (Å²) in [5.74, 6) is 0.792. The first kappa shape index (κ1) is 21.9. The Morgan fingerprint density at radius 1 is 1.00 bits per heavy atom. The van der Waals surface area contributed by atoms with Gasteiger partial charge in [0.1, 0.15) is 5.75 Å². The summed E-state index contributed by atoms with van der Waals surface area (Å²) in [6.45, 7) is 7.28. The SMILES string of the molecule is CCOc1ccccc1NC(=O)N1CCN(CC(=O)c2c(C)n(C)c3ccccc23)CC1. The van der Waals surface area contributed by atoms with Gasteiger partial charge in [0.05, 0.1) is 18.8 Å². The van der Waals surface area contributed by atoms with Crippen LogP contribution in [0.3, 0.4) is 0 Å². The van der Waals surface area contributed by atoms with Crippen LogP contribution in [0.4, 0.5) is 10.5 Å². The first-order valence-corrected chi connectivity index (χ1v) is 11.1. The van der Waals surface area contributed by atoms with Crippen molar-refractivity contribution in [3.8, 4) is 5.75 Å². The van der Waals surface area contributed by atoms with Crippen molar-refractivity contribution in [3.63, 3.8) is 0 Å². The van der Waals surface area contributed by atoms with Gasteiger partial charge < -0.3 is 19.5 Å². The van der Waals surface area contributed by atoms with Gasteiger partial charge in [0.2, 0.25) is 0 Å². The molecule has 168 valence electrons. The zero-order valence-corrected chi connectivity index (χ0v) is 18.9. The lowest BCUT2D eigenvalue weighted by Crippen LogP contribution is -2.51. The Hall–Kier alpha value is -3.32. The number of rotatable bonds is 6. The number of hydrogen-bond acceptors (Lipinski definition) is 4. The van der Waals surface area contributed by atoms with E-state index in [1.54, 1.807) is 4.90 Å². The summed E-state index contributed by atoms with van der Waals surface area (Å²) in [5, 5.41) is 3.95. The van der Waals surface area contributed by atoms with Crippen molar-refractivity contribution >= 4 is 28.4 Å². The minimum atomic E-state index is -0.145. The van der Waals surface area contributed by atoms with E-state index in [-0.39, 0.29) is 11.8 Å². The second-order valence-electron chi connectivity index (χ2n) is 8.08. The fourth-order valence-corrected chi connectivity index (χ4v) is 4.31. The molecule has 4 rings (SSSR count). The van der Waals surface area contributed by atoms with Crippen LogP contribution in [0.2, 0.25) is 0 Å². The van der Waals surface area contributed by atoms with Gasteiger partial charge in [0.15, 0.2) is 5.78 Å². The molecule has 0 aliphatic carbocycles. The van der Waals surface area contributed by atoms with E-state index >= 15 is 0 Å². The van der Waals surface area contributed by atoms with Gasteiger partial charge in [-0.15, -0.1) is 0 Å². The van der Waals surface area contributed by atoms with E-state index in [4.69, 9.17) is 4.74 Å². The number of Topliss-reactive ketones (excluding diaryl/α,β-unsaturated/α-hetero) is 1. The third-order valence-corrected chi connectivity index (χ3v) is 6.13. The Kier molecular flexibility index (Phi) is 6.46. The number of nitrogens with zero attached hydrogens (tertiary/aromatic N) is 3. The molecule has 0 spiro atoms. The highest BCUT2D eigenvalue weighted by Gasteiger charge is 2.25. The van der Waals surface area contributed by atoms with Gasteiger partial charge >= 0.3 is 6.03 Å². The number of urea groups is 1. The molecule has 0 saturated carbocycles. The van der Waals surface area contributed by atoms with Crippen molar-refractivity contribution in [2.24, 2.45) is 7.05 Å². The molecule has 0 atom stereocenters. The molecule has 7 nitrogen and oxygen atoms in total. The second-order valence-corrected chi connectivity index (χ2v) is 8.08. The van der Waals surface area contributed by atoms with E-state index in [2.05, 4.69) is 14.8 Å². The maximum absolute atomic E-state index is 13.2. The zero-order chi connectivity index (χ0) is 22.7. The highest BCUT2D eigenvalue weighted by Crippen LogP contribution is 2.26. The summed E-state index contributed by atoms with van der Waals surface area (Å²) in [4.78, 5) is 29.8. The van der Waals surface area contributed by atoms with Crippen molar-refractivity contribution in [1.82, 2.24) is 14.4 Å². The zero-order valence-electron chi connectivity index (χ0n) is 18.9. The van der Waals surface area contributed by atoms with Crippen LogP contribution in [-0.2, 0) is 7.05 Å². The number of fused-ring (bicyclic) bond motifs is 1. The highest BCUT2D eigenvalue weighted by molar-refractivity contribution is 6.10. The Morgan fingerprint density at radius 2 is 1.69 bits per heavy atom. The van der Waals surface area contributed by atoms with E-state index in [0.717, 1.165) is 22.2 Å². The standard InChI is InChI=1S/C25H30N4O3/c1-4-32-23-12-8-6-10-20(23)26-25(31)29-15-13-28(14-16-29)17-22(30)24-18(2)27(3)21-11-7-5-9-19(21)24/h5-12H,4,13-17H2,1-3H3,(H,26,31). The number of carbonyl (C=O) groups is 2. The molecule has 1 aromatic heterocycles. The molecule has 3 aromatic rings. The smallest absolute Gasteiger partial charge is 0.322 e. The third kappa shape index (κ3) is 4.34. The van der Waals surface area contributed by atoms with Gasteiger partial charge in [-0.25, -0.2) is 4.79 Å². The maximum atomic E-state index is 13.2. The number of benzene rings is 2. The van der Waals surface area contributed by atoms with Crippen molar-refractivity contribution in [2.75, 3.05) is 44.6 Å². The van der Waals surface area contributed by atoms with Crippen LogP contribution in [0.5, 0.6) is 5.75 Å². The molecule has 0 bridgehead atoms. The minimum Gasteiger partial charge on any atom is -0.492 e. The Bertz CT molecular complexity index is 1130. The third-order valence-electron chi connectivity index (χ3n) is 6.13. The lowest BCUT2D eigenvalue weighted by atomic mass is 10.1. The van der Waals surface area contributed by atoms with Crippen LogP contribution in [0.15, 0.2) is 48.5 Å². The molecule has 2 aromatic carbocycles. The van der Waals surface area contributed by atoms with Gasteiger partial charge in [-0.1, -0.05) is 30.3 Å². The number of nitrogens with one attached hydrogen (secondary N) is 1. The lowest BCUT2D eigenvalue weighted by molar-refractivity contribution is 0.0884. The number of ketones is 1. The van der Waals surface area contributed by atoms with E-state index in [1.807, 2.05) is 69.4 Å². The van der Waals surface area contributed by atoms with Crippen LogP contribution >= 0.6 is 0 Å². The Morgan fingerprint density at radius 3 is 2.44 bits per heavy atom. The number of carbonyl (C=O) groups excluding carboxylic acids is 2. The summed E-state index contributed by atoms with van der Waals surface area (Å²) >= 11 is 0. The summed E-state index contributed by atoms with van der Waals surface area (Å²) < 4.78 is 7.66. The van der Waals surface area contributed by atoms with Crippen molar-refractivity contribution in [3.05, 3.63) is 59.8 Å². The fourth-order valence-electron chi connectivity index (χ4n) is 4.31. The highest BCUT2D eigenvalue weighted by atomic mass is 16.5. The molecule has 1 aliphatic heterocycles. The summed E-state index contributed by atoms with van der Waals surface area (Å²) in [7, 11) is 2.00. The van der Waals surface area contributed by atoms with Gasteiger partial charge in [-0.05, 0) is 32.0 Å². The monoisotopic (exact) mass is 434 g/mol. The molecule has 2 heterocycles. The molecule has 0 unspecified atom stereocenters. The number of aromatic nitrogens is 1. The fraction of sp³-hybridized carbons (Fsp3) is 0.360. The van der Waals surface area contributed by atoms with Gasteiger partial charge in [-0.2, -0.15) is 0 Å². The molecule has 2 amide bonds. The normalized spacial score (nSPS) is 14.5. The Balaban J connectivity index is 1.36. The number of aryl methyl sites for hydroxylation is 1. The molecule has 7 heteroatoms. The molecule has 0 radical (unpaired) electrons. The van der Waals surface area contributed by atoms with Crippen LogP contribution < -0.4 is 10.1 Å². The van der Waals surface area contributed by atoms with Crippen molar-refractivity contribution in [1.29, 1.82) is 0 Å². The topological polar surface area (TPSA) is 66.8 Å². The quantitative estimate of drug-likeness (QED) is 0.597. The van der Waals surface area contributed by atoms with Crippen LogP contribution in [0, 0.1) is 6.92 Å². The van der Waals surface area contributed by atoms with E-state index in [9.17, 15) is 9.59 Å². The Labute approximate surface area is 188 Å². The summed E-state index contributed by atoms with van der Waals surface area (Å²) in [5.41, 5.74) is 3.53. The first-order valence-electron chi connectivity index (χ1n) is 11.1. The van der Waals surface area contributed by atoms with E-state index in [0.29, 0.717) is 50.8 Å². The number of ether oxygens (including phenoxy) is 1. The van der Waals surface area contributed by atoms with Crippen molar-refractivity contribution < 1.29 is 14.3 Å². The number of para-hydroxylation sites is 3. The first-order chi connectivity index (χ1) is 15.5. The molecule has 32 heavy (non-hydrogen) atoms. The number of hydrogen-bond donors (Lipinski definition) is 1. The largest absolute Gasteiger partial charge is 0.492 e. The average molecular weight is 435 g/mol. The van der Waals surface area contributed by atoms with E-state index in [1.165, 1.54) is 0 Å². The van der Waals surface area contributed by atoms with Crippen LogP contribution in [0.1, 0.15) is 23.0 Å². The van der Waals surface area contributed by atoms with Crippen LogP contribution in [0.25, 0.3) is 10.9 Å². The van der Waals surface area contributed by atoms with Gasteiger partial charge in [0.25, 0.3) is 0 Å². The molecule has 1 N–H and O–H groups in total. The molecule has 1 fully saturated rings. The summed E-state index contributed by atoms with van der Waals surface area (Å²) in [6.07, 6.45) is 0. The predicted octanol–water partition coefficient (Wildman–Crippen LogP) is 3.92. The lowest BCUT2D eigenvalue weighted by Gasteiger charge is -2.34. The number of anilines is 1.